The van der Waals surface area contributed by atoms with Crippen molar-refractivity contribution in [3.63, 3.8) is 0 Å². The van der Waals surface area contributed by atoms with Crippen LogP contribution < -0.4 is 0 Å². The number of benzene rings is 1. The molecule has 17 heavy (non-hydrogen) atoms. The summed E-state index contributed by atoms with van der Waals surface area (Å²) in [6, 6.07) is 7.97. The van der Waals surface area contributed by atoms with Crippen LogP contribution in [0.3, 0.4) is 0 Å². The minimum Gasteiger partial charge on any atom is -0.306 e. The third-order valence-electron chi connectivity index (χ3n) is 3.17. The second-order valence-corrected chi connectivity index (χ2v) is 4.22. The highest BCUT2D eigenvalue weighted by atomic mass is 16.1. The fraction of sp³-hybridized carbons (Fsp3) is 0.231. The molecule has 0 aliphatic heterocycles. The molecule has 0 N–H and O–H groups in total. The minimum atomic E-state index is -0.345. The Bertz CT molecular complexity index is 578. The fourth-order valence-electron chi connectivity index (χ4n) is 2.14. The molecule has 4 nitrogen and oxygen atoms in total. The molecule has 1 aliphatic rings. The van der Waals surface area contributed by atoms with Crippen LogP contribution in [0.1, 0.15) is 18.4 Å². The molecule has 1 saturated carbocycles. The number of rotatable bonds is 3. The molecule has 84 valence electrons. The Balaban J connectivity index is 2.15. The second-order valence-electron chi connectivity index (χ2n) is 4.22. The van der Waals surface area contributed by atoms with Crippen LogP contribution in [-0.2, 0) is 10.3 Å². The summed E-state index contributed by atoms with van der Waals surface area (Å²) in [5.74, 6) is 0. The van der Waals surface area contributed by atoms with E-state index in [2.05, 4.69) is 9.98 Å². The predicted octanol–water partition coefficient (Wildman–Crippen LogP) is 2.20. The third-order valence-corrected chi connectivity index (χ3v) is 3.17. The molecule has 1 fully saturated rings. The van der Waals surface area contributed by atoms with E-state index in [0.29, 0.717) is 0 Å². The SMILES string of the molecule is O=C=NC1(c2ccccc2-n2ccnc2)CC1. The van der Waals surface area contributed by atoms with E-state index in [1.54, 1.807) is 18.6 Å². The van der Waals surface area contributed by atoms with Crippen molar-refractivity contribution in [2.45, 2.75) is 18.4 Å². The van der Waals surface area contributed by atoms with E-state index in [4.69, 9.17) is 0 Å². The molecule has 0 amide bonds. The molecule has 0 atom stereocenters. The minimum absolute atomic E-state index is 0.345. The highest BCUT2D eigenvalue weighted by Gasteiger charge is 2.46. The molecule has 1 aliphatic carbocycles. The summed E-state index contributed by atoms with van der Waals surface area (Å²) in [5.41, 5.74) is 1.76. The van der Waals surface area contributed by atoms with Gasteiger partial charge in [0, 0.05) is 18.0 Å². The van der Waals surface area contributed by atoms with Crippen LogP contribution in [0.15, 0.2) is 48.0 Å². The van der Waals surface area contributed by atoms with Crippen molar-refractivity contribution in [3.05, 3.63) is 48.5 Å². The molecule has 2 aromatic rings. The first-order valence-electron chi connectivity index (χ1n) is 5.53. The topological polar surface area (TPSA) is 47.2 Å². The Kier molecular flexibility index (Phi) is 2.16. The van der Waals surface area contributed by atoms with Crippen molar-refractivity contribution in [1.29, 1.82) is 0 Å². The summed E-state index contributed by atoms with van der Waals surface area (Å²) in [5, 5.41) is 0. The van der Waals surface area contributed by atoms with Crippen molar-refractivity contribution in [3.8, 4) is 5.69 Å². The lowest BCUT2D eigenvalue weighted by Crippen LogP contribution is -2.07. The molecule has 1 aromatic carbocycles. The van der Waals surface area contributed by atoms with Crippen molar-refractivity contribution >= 4 is 6.08 Å². The van der Waals surface area contributed by atoms with Gasteiger partial charge in [0.05, 0.1) is 12.0 Å². The number of hydrogen-bond acceptors (Lipinski definition) is 3. The summed E-state index contributed by atoms with van der Waals surface area (Å²) < 4.78 is 1.94. The Hall–Kier alpha value is -2.19. The van der Waals surface area contributed by atoms with E-state index in [1.807, 2.05) is 35.0 Å². The quantitative estimate of drug-likeness (QED) is 0.593. The summed E-state index contributed by atoms with van der Waals surface area (Å²) >= 11 is 0. The first kappa shape index (κ1) is 10.00. The highest BCUT2D eigenvalue weighted by molar-refractivity contribution is 5.50. The van der Waals surface area contributed by atoms with Gasteiger partial charge >= 0.3 is 0 Å². The number of para-hydroxylation sites is 1. The summed E-state index contributed by atoms with van der Waals surface area (Å²) in [6.07, 6.45) is 8.89. The van der Waals surface area contributed by atoms with Crippen LogP contribution in [0.4, 0.5) is 0 Å². The zero-order chi connectivity index (χ0) is 11.7. The van der Waals surface area contributed by atoms with E-state index in [0.717, 1.165) is 24.1 Å². The first-order chi connectivity index (χ1) is 8.36. The smallest absolute Gasteiger partial charge is 0.235 e. The molecule has 0 bridgehead atoms. The number of carbonyl (C=O) groups excluding carboxylic acids is 1. The Morgan fingerprint density at radius 1 is 1.35 bits per heavy atom. The molecule has 0 saturated heterocycles. The van der Waals surface area contributed by atoms with E-state index in [-0.39, 0.29) is 5.54 Å². The number of nitrogens with zero attached hydrogens (tertiary/aromatic N) is 3. The maximum absolute atomic E-state index is 10.5. The van der Waals surface area contributed by atoms with Gasteiger partial charge in [-0.25, -0.2) is 9.78 Å². The number of aliphatic imine (C=N–C) groups is 1. The van der Waals surface area contributed by atoms with Crippen LogP contribution >= 0.6 is 0 Å². The molecule has 0 spiro atoms. The maximum atomic E-state index is 10.5. The van der Waals surface area contributed by atoms with Gasteiger partial charge < -0.3 is 4.57 Å². The molecular weight excluding hydrogens is 214 g/mol. The van der Waals surface area contributed by atoms with Gasteiger partial charge in [-0.1, -0.05) is 18.2 Å². The average molecular weight is 225 g/mol. The summed E-state index contributed by atoms with van der Waals surface area (Å²) in [7, 11) is 0. The number of isocyanates is 1. The lowest BCUT2D eigenvalue weighted by molar-refractivity contribution is 0.556. The lowest BCUT2D eigenvalue weighted by atomic mass is 10.0. The van der Waals surface area contributed by atoms with Crippen molar-refractivity contribution in [2.24, 2.45) is 4.99 Å². The number of aromatic nitrogens is 2. The van der Waals surface area contributed by atoms with E-state index < -0.39 is 0 Å². The van der Waals surface area contributed by atoms with Crippen LogP contribution in [0.25, 0.3) is 5.69 Å². The molecule has 4 heteroatoms. The normalized spacial score (nSPS) is 16.2. The molecule has 0 radical (unpaired) electrons. The van der Waals surface area contributed by atoms with Gasteiger partial charge in [0.1, 0.15) is 5.54 Å². The van der Waals surface area contributed by atoms with E-state index in [1.165, 1.54) is 0 Å². The lowest BCUT2D eigenvalue weighted by Gasteiger charge is -2.14. The van der Waals surface area contributed by atoms with Crippen LogP contribution in [0.5, 0.6) is 0 Å². The third kappa shape index (κ3) is 1.59. The molecule has 1 heterocycles. The zero-order valence-corrected chi connectivity index (χ0v) is 9.21. The highest BCUT2D eigenvalue weighted by Crippen LogP contribution is 2.50. The van der Waals surface area contributed by atoms with Crippen LogP contribution in [0, 0.1) is 0 Å². The fourth-order valence-corrected chi connectivity index (χ4v) is 2.14. The Morgan fingerprint density at radius 2 is 2.18 bits per heavy atom. The summed E-state index contributed by atoms with van der Waals surface area (Å²) in [6.45, 7) is 0. The molecule has 3 rings (SSSR count). The van der Waals surface area contributed by atoms with Crippen molar-refractivity contribution in [2.75, 3.05) is 0 Å². The van der Waals surface area contributed by atoms with Gasteiger partial charge in [0.25, 0.3) is 0 Å². The van der Waals surface area contributed by atoms with E-state index >= 15 is 0 Å². The maximum Gasteiger partial charge on any atom is 0.235 e. The van der Waals surface area contributed by atoms with Gasteiger partial charge in [-0.2, -0.15) is 4.99 Å². The zero-order valence-electron chi connectivity index (χ0n) is 9.21. The molecule has 0 unspecified atom stereocenters. The van der Waals surface area contributed by atoms with Gasteiger partial charge in [-0.05, 0) is 18.9 Å². The van der Waals surface area contributed by atoms with Gasteiger partial charge in [-0.3, -0.25) is 0 Å². The summed E-state index contributed by atoms with van der Waals surface area (Å²) in [4.78, 5) is 18.5. The van der Waals surface area contributed by atoms with Crippen molar-refractivity contribution < 1.29 is 4.79 Å². The largest absolute Gasteiger partial charge is 0.306 e. The molecule has 1 aromatic heterocycles. The predicted molar refractivity (Wildman–Crippen MR) is 62.6 cm³/mol. The Morgan fingerprint density at radius 3 is 2.82 bits per heavy atom. The second kappa shape index (κ2) is 3.68. The van der Waals surface area contributed by atoms with E-state index in [9.17, 15) is 4.79 Å². The van der Waals surface area contributed by atoms with Crippen LogP contribution in [-0.4, -0.2) is 15.6 Å². The van der Waals surface area contributed by atoms with Gasteiger partial charge in [-0.15, -0.1) is 0 Å². The van der Waals surface area contributed by atoms with Crippen LogP contribution in [0.2, 0.25) is 0 Å². The van der Waals surface area contributed by atoms with Gasteiger partial charge in [0.2, 0.25) is 6.08 Å². The van der Waals surface area contributed by atoms with Crippen molar-refractivity contribution in [1.82, 2.24) is 9.55 Å². The first-order valence-corrected chi connectivity index (χ1v) is 5.53. The number of imidazole rings is 1. The number of hydrogen-bond donors (Lipinski definition) is 0. The molecular formula is C13H11N3O. The average Bonchev–Trinajstić information content (AvgIpc) is 2.94. The van der Waals surface area contributed by atoms with Gasteiger partial charge in [0.15, 0.2) is 0 Å². The monoisotopic (exact) mass is 225 g/mol. The standard InChI is InChI=1S/C13H11N3O/c17-10-15-13(5-6-13)11-3-1-2-4-12(11)16-8-7-14-9-16/h1-4,7-9H,5-6H2. The Labute approximate surface area is 98.6 Å².